The fourth-order valence-electron chi connectivity index (χ4n) is 1.75. The van der Waals surface area contributed by atoms with E-state index in [0.717, 1.165) is 16.8 Å². The quantitative estimate of drug-likeness (QED) is 0.672. The molecule has 2 rings (SSSR count). The van der Waals surface area contributed by atoms with E-state index in [-0.39, 0.29) is 16.7 Å². The summed E-state index contributed by atoms with van der Waals surface area (Å²) in [6, 6.07) is 7.12. The topological polar surface area (TPSA) is 74.8 Å². The maximum atomic E-state index is 12.2. The lowest BCUT2D eigenvalue weighted by molar-refractivity contribution is -0.115. The third-order valence-electron chi connectivity index (χ3n) is 3.17. The van der Waals surface area contributed by atoms with E-state index in [1.807, 2.05) is 32.0 Å². The molecule has 1 aromatic carbocycles. The number of aromatic nitrogens is 2. The van der Waals surface area contributed by atoms with Crippen LogP contribution in [0.25, 0.3) is 0 Å². The zero-order chi connectivity index (χ0) is 15.4. The van der Waals surface area contributed by atoms with Crippen molar-refractivity contribution in [3.05, 3.63) is 51.9 Å². The van der Waals surface area contributed by atoms with Crippen molar-refractivity contribution >= 4 is 23.4 Å². The molecule has 0 aliphatic carbocycles. The molecule has 0 fully saturated rings. The highest BCUT2D eigenvalue weighted by Gasteiger charge is 2.16. The van der Waals surface area contributed by atoms with Gasteiger partial charge in [-0.15, -0.1) is 0 Å². The Bertz CT molecular complexity index is 712. The highest BCUT2D eigenvalue weighted by molar-refractivity contribution is 8.00. The Kier molecular flexibility index (Phi) is 4.80. The molecule has 0 saturated heterocycles. The van der Waals surface area contributed by atoms with Crippen LogP contribution in [0.1, 0.15) is 18.1 Å². The number of nitrogens with zero attached hydrogens (tertiary/aromatic N) is 1. The van der Waals surface area contributed by atoms with Crippen LogP contribution < -0.4 is 10.9 Å². The van der Waals surface area contributed by atoms with Crippen molar-refractivity contribution < 1.29 is 4.79 Å². The van der Waals surface area contributed by atoms with E-state index in [2.05, 4.69) is 15.3 Å². The third kappa shape index (κ3) is 3.95. The molecule has 0 spiro atoms. The first-order chi connectivity index (χ1) is 9.97. The third-order valence-corrected chi connectivity index (χ3v) is 4.17. The molecule has 6 heteroatoms. The molecule has 21 heavy (non-hydrogen) atoms. The van der Waals surface area contributed by atoms with Crippen LogP contribution >= 0.6 is 11.8 Å². The van der Waals surface area contributed by atoms with Gasteiger partial charge in [-0.05, 0) is 38.0 Å². The number of hydrogen-bond donors (Lipinski definition) is 2. The van der Waals surface area contributed by atoms with Crippen LogP contribution in [0, 0.1) is 13.8 Å². The molecule has 5 nitrogen and oxygen atoms in total. The van der Waals surface area contributed by atoms with E-state index in [1.54, 1.807) is 6.92 Å². The number of aryl methyl sites for hydroxylation is 1. The minimum Gasteiger partial charge on any atom is -0.325 e. The van der Waals surface area contributed by atoms with Crippen molar-refractivity contribution in [2.75, 3.05) is 5.32 Å². The molecule has 2 N–H and O–H groups in total. The van der Waals surface area contributed by atoms with Gasteiger partial charge < -0.3 is 10.3 Å². The summed E-state index contributed by atoms with van der Waals surface area (Å²) in [5.41, 5.74) is 2.76. The molecule has 1 aromatic heterocycles. The number of rotatable bonds is 4. The normalized spacial score (nSPS) is 12.0. The van der Waals surface area contributed by atoms with Gasteiger partial charge in [0.15, 0.2) is 5.16 Å². The Labute approximate surface area is 127 Å². The minimum atomic E-state index is -0.365. The fraction of sp³-hybridized carbons (Fsp3) is 0.267. The van der Waals surface area contributed by atoms with Crippen LogP contribution in [-0.4, -0.2) is 21.1 Å². The average Bonchev–Trinajstić information content (AvgIpc) is 2.44. The number of amides is 1. The lowest BCUT2D eigenvalue weighted by atomic mass is 10.1. The number of carbonyl (C=O) groups excluding carboxylic acids is 1. The molecule has 0 unspecified atom stereocenters. The SMILES string of the molecule is Cc1cccc(NC(=O)[C@H](C)Sc2nccc(=O)[nH]2)c1C. The Morgan fingerprint density at radius 3 is 2.81 bits per heavy atom. The van der Waals surface area contributed by atoms with Gasteiger partial charge in [0, 0.05) is 18.0 Å². The number of thioether (sulfide) groups is 1. The summed E-state index contributed by atoms with van der Waals surface area (Å²) < 4.78 is 0. The summed E-state index contributed by atoms with van der Waals surface area (Å²) >= 11 is 1.22. The predicted molar refractivity (Wildman–Crippen MR) is 84.7 cm³/mol. The van der Waals surface area contributed by atoms with Crippen molar-refractivity contribution in [2.45, 2.75) is 31.2 Å². The lowest BCUT2D eigenvalue weighted by Gasteiger charge is -2.14. The van der Waals surface area contributed by atoms with E-state index < -0.39 is 0 Å². The molecule has 110 valence electrons. The number of H-pyrrole nitrogens is 1. The monoisotopic (exact) mass is 303 g/mol. The Hall–Kier alpha value is -2.08. The first kappa shape index (κ1) is 15.3. The minimum absolute atomic E-state index is 0.125. The molecule has 2 aromatic rings. The smallest absolute Gasteiger partial charge is 0.251 e. The standard InChI is InChI=1S/C15H17N3O2S/c1-9-5-4-6-12(10(9)2)17-14(20)11(3)21-15-16-8-7-13(19)18-15/h4-8,11H,1-3H3,(H,17,20)(H,16,18,19)/t11-/m0/s1. The predicted octanol–water partition coefficient (Wildman–Crippen LogP) is 2.51. The van der Waals surface area contributed by atoms with E-state index in [4.69, 9.17) is 0 Å². The van der Waals surface area contributed by atoms with Gasteiger partial charge in [-0.3, -0.25) is 9.59 Å². The summed E-state index contributed by atoms with van der Waals surface area (Å²) in [7, 11) is 0. The van der Waals surface area contributed by atoms with Gasteiger partial charge in [0.1, 0.15) is 0 Å². The largest absolute Gasteiger partial charge is 0.325 e. The first-order valence-corrected chi connectivity index (χ1v) is 7.44. The molecule has 0 aliphatic rings. The second-order valence-electron chi connectivity index (χ2n) is 4.74. The summed E-state index contributed by atoms with van der Waals surface area (Å²) in [5, 5.41) is 2.98. The zero-order valence-electron chi connectivity index (χ0n) is 12.1. The van der Waals surface area contributed by atoms with Crippen LogP contribution in [0.4, 0.5) is 5.69 Å². The number of hydrogen-bond acceptors (Lipinski definition) is 4. The molecule has 1 heterocycles. The van der Waals surface area contributed by atoms with Gasteiger partial charge >= 0.3 is 0 Å². The molecule has 0 aliphatic heterocycles. The Morgan fingerprint density at radius 1 is 1.33 bits per heavy atom. The van der Waals surface area contributed by atoms with Gasteiger partial charge in [-0.25, -0.2) is 4.98 Å². The van der Waals surface area contributed by atoms with Gasteiger partial charge in [0.05, 0.1) is 5.25 Å². The fourth-order valence-corrected chi connectivity index (χ4v) is 2.54. The molecule has 0 radical (unpaired) electrons. The Balaban J connectivity index is 2.06. The van der Waals surface area contributed by atoms with E-state index >= 15 is 0 Å². The summed E-state index contributed by atoms with van der Waals surface area (Å²) in [6.45, 7) is 5.75. The number of carbonyl (C=O) groups is 1. The van der Waals surface area contributed by atoms with E-state index in [0.29, 0.717) is 5.16 Å². The molecule has 0 bridgehead atoms. The van der Waals surface area contributed by atoms with Crippen LogP contribution in [0.2, 0.25) is 0 Å². The van der Waals surface area contributed by atoms with Crippen molar-refractivity contribution in [1.82, 2.24) is 9.97 Å². The summed E-state index contributed by atoms with van der Waals surface area (Å²) in [4.78, 5) is 30.0. The number of nitrogens with one attached hydrogen (secondary N) is 2. The van der Waals surface area contributed by atoms with Gasteiger partial charge in [0.2, 0.25) is 5.91 Å². The first-order valence-electron chi connectivity index (χ1n) is 6.56. The van der Waals surface area contributed by atoms with Crippen LogP contribution in [0.15, 0.2) is 40.4 Å². The van der Waals surface area contributed by atoms with Gasteiger partial charge in [-0.2, -0.15) is 0 Å². The van der Waals surface area contributed by atoms with Crippen LogP contribution in [-0.2, 0) is 4.79 Å². The number of benzene rings is 1. The number of anilines is 1. The Morgan fingerprint density at radius 2 is 2.10 bits per heavy atom. The molecular weight excluding hydrogens is 286 g/mol. The van der Waals surface area contributed by atoms with Gasteiger partial charge in [-0.1, -0.05) is 23.9 Å². The molecular formula is C15H17N3O2S. The number of aromatic amines is 1. The van der Waals surface area contributed by atoms with Crippen molar-refractivity contribution in [3.63, 3.8) is 0 Å². The van der Waals surface area contributed by atoms with E-state index in [9.17, 15) is 9.59 Å². The van der Waals surface area contributed by atoms with Crippen LogP contribution in [0.5, 0.6) is 0 Å². The highest BCUT2D eigenvalue weighted by atomic mass is 32.2. The summed E-state index contributed by atoms with van der Waals surface area (Å²) in [6.07, 6.45) is 1.43. The van der Waals surface area contributed by atoms with Crippen molar-refractivity contribution in [2.24, 2.45) is 0 Å². The maximum Gasteiger partial charge on any atom is 0.251 e. The highest BCUT2D eigenvalue weighted by Crippen LogP contribution is 2.22. The average molecular weight is 303 g/mol. The molecule has 1 atom stereocenters. The zero-order valence-corrected chi connectivity index (χ0v) is 13.0. The van der Waals surface area contributed by atoms with Crippen molar-refractivity contribution in [3.8, 4) is 0 Å². The molecule has 1 amide bonds. The van der Waals surface area contributed by atoms with E-state index in [1.165, 1.54) is 24.0 Å². The van der Waals surface area contributed by atoms with Crippen molar-refractivity contribution in [1.29, 1.82) is 0 Å². The second-order valence-corrected chi connectivity index (χ2v) is 6.07. The molecule has 0 saturated carbocycles. The van der Waals surface area contributed by atoms with Gasteiger partial charge in [0.25, 0.3) is 5.56 Å². The second kappa shape index (κ2) is 6.58. The summed E-state index contributed by atoms with van der Waals surface area (Å²) in [5.74, 6) is -0.125. The maximum absolute atomic E-state index is 12.2. The lowest BCUT2D eigenvalue weighted by Crippen LogP contribution is -2.23. The van der Waals surface area contributed by atoms with Crippen LogP contribution in [0.3, 0.4) is 0 Å².